The van der Waals surface area contributed by atoms with Crippen molar-refractivity contribution in [2.45, 2.75) is 6.04 Å². The summed E-state index contributed by atoms with van der Waals surface area (Å²) in [5, 5.41) is 7.27. The summed E-state index contributed by atoms with van der Waals surface area (Å²) in [4.78, 5) is 2.20. The number of rotatable bonds is 3. The van der Waals surface area contributed by atoms with Gasteiger partial charge in [-0.1, -0.05) is 0 Å². The van der Waals surface area contributed by atoms with Gasteiger partial charge in [0.2, 0.25) is 0 Å². The molecule has 0 unspecified atom stereocenters. The van der Waals surface area contributed by atoms with Crippen LogP contribution in [0.15, 0.2) is 35.0 Å². The molecule has 2 heterocycles. The van der Waals surface area contributed by atoms with Crippen molar-refractivity contribution in [3.05, 3.63) is 57.8 Å². The number of hydrogen-bond donors (Lipinski definition) is 1. The van der Waals surface area contributed by atoms with Crippen molar-refractivity contribution in [2.24, 2.45) is 0 Å². The van der Waals surface area contributed by atoms with Gasteiger partial charge in [0.05, 0.1) is 6.04 Å². The van der Waals surface area contributed by atoms with E-state index in [4.69, 9.17) is 0 Å². The van der Waals surface area contributed by atoms with Gasteiger partial charge in [0.25, 0.3) is 0 Å². The lowest BCUT2D eigenvalue weighted by Crippen LogP contribution is -2.45. The van der Waals surface area contributed by atoms with E-state index in [1.807, 2.05) is 16.8 Å². The van der Waals surface area contributed by atoms with Crippen molar-refractivity contribution in [2.75, 3.05) is 26.2 Å². The van der Waals surface area contributed by atoms with E-state index in [0.717, 1.165) is 31.7 Å². The zero-order chi connectivity index (χ0) is 13.9. The van der Waals surface area contributed by atoms with E-state index in [1.165, 1.54) is 18.2 Å². The fourth-order valence-electron chi connectivity index (χ4n) is 2.68. The topological polar surface area (TPSA) is 15.3 Å². The van der Waals surface area contributed by atoms with Crippen molar-refractivity contribution in [1.82, 2.24) is 10.2 Å². The molecule has 1 fully saturated rings. The average Bonchev–Trinajstić information content (AvgIpc) is 2.98. The van der Waals surface area contributed by atoms with Gasteiger partial charge in [-0.2, -0.15) is 11.3 Å². The molecule has 1 atom stereocenters. The van der Waals surface area contributed by atoms with Gasteiger partial charge >= 0.3 is 0 Å². The number of benzene rings is 1. The molecule has 1 aliphatic heterocycles. The van der Waals surface area contributed by atoms with Gasteiger partial charge in [-0.05, 0) is 40.6 Å². The normalized spacial score (nSPS) is 17.2. The predicted octanol–water partition coefficient (Wildman–Crippen LogP) is 3.44. The molecule has 1 aliphatic rings. The Morgan fingerprint density at radius 1 is 1.14 bits per heavy atom. The van der Waals surface area contributed by atoms with Gasteiger partial charge in [-0.15, -0.1) is 12.4 Å². The second-order valence-electron chi connectivity index (χ2n) is 4.91. The Morgan fingerprint density at radius 2 is 1.90 bits per heavy atom. The fourth-order valence-corrected chi connectivity index (χ4v) is 3.36. The van der Waals surface area contributed by atoms with Crippen LogP contribution < -0.4 is 5.32 Å². The number of nitrogens with zero attached hydrogens (tertiary/aromatic N) is 1. The maximum absolute atomic E-state index is 14.2. The molecule has 1 aromatic carbocycles. The lowest BCUT2D eigenvalue weighted by Gasteiger charge is -2.35. The van der Waals surface area contributed by atoms with Crippen molar-refractivity contribution in [3.8, 4) is 0 Å². The molecule has 1 N–H and O–H groups in total. The van der Waals surface area contributed by atoms with Crippen LogP contribution in [0, 0.1) is 11.6 Å². The summed E-state index contributed by atoms with van der Waals surface area (Å²) in [6, 6.07) is 5.48. The third-order valence-electron chi connectivity index (χ3n) is 3.63. The third-order valence-corrected chi connectivity index (χ3v) is 4.33. The predicted molar refractivity (Wildman–Crippen MR) is 84.2 cm³/mol. The maximum atomic E-state index is 14.2. The van der Waals surface area contributed by atoms with Crippen LogP contribution in [0.5, 0.6) is 0 Å². The van der Waals surface area contributed by atoms with Crippen LogP contribution in [0.25, 0.3) is 0 Å². The number of nitrogens with one attached hydrogen (secondary N) is 1. The second-order valence-corrected chi connectivity index (χ2v) is 5.69. The lowest BCUT2D eigenvalue weighted by atomic mass is 9.98. The summed E-state index contributed by atoms with van der Waals surface area (Å²) < 4.78 is 27.7. The molecule has 2 nitrogen and oxygen atoms in total. The number of thiophene rings is 1. The van der Waals surface area contributed by atoms with E-state index in [0.29, 0.717) is 5.56 Å². The molecule has 2 aromatic rings. The van der Waals surface area contributed by atoms with E-state index in [2.05, 4.69) is 10.2 Å². The van der Waals surface area contributed by atoms with Crippen LogP contribution in [-0.4, -0.2) is 31.1 Å². The minimum absolute atomic E-state index is 0. The van der Waals surface area contributed by atoms with Gasteiger partial charge in [-0.3, -0.25) is 4.90 Å². The van der Waals surface area contributed by atoms with Gasteiger partial charge in [-0.25, -0.2) is 8.78 Å². The highest BCUT2D eigenvalue weighted by atomic mass is 35.5. The summed E-state index contributed by atoms with van der Waals surface area (Å²) in [7, 11) is 0. The molecule has 0 radical (unpaired) electrons. The first-order chi connectivity index (χ1) is 9.75. The minimum atomic E-state index is -0.392. The molecule has 114 valence electrons. The monoisotopic (exact) mass is 330 g/mol. The Bertz CT molecular complexity index is 571. The van der Waals surface area contributed by atoms with Crippen molar-refractivity contribution in [3.63, 3.8) is 0 Å². The molecule has 0 amide bonds. The van der Waals surface area contributed by atoms with Gasteiger partial charge < -0.3 is 5.32 Å². The molecule has 1 saturated heterocycles. The van der Waals surface area contributed by atoms with Gasteiger partial charge in [0, 0.05) is 31.7 Å². The van der Waals surface area contributed by atoms with Crippen molar-refractivity contribution in [1.29, 1.82) is 0 Å². The van der Waals surface area contributed by atoms with Crippen LogP contribution in [0.3, 0.4) is 0 Å². The van der Waals surface area contributed by atoms with Crippen LogP contribution in [-0.2, 0) is 0 Å². The second kappa shape index (κ2) is 7.31. The number of hydrogen-bond acceptors (Lipinski definition) is 3. The summed E-state index contributed by atoms with van der Waals surface area (Å²) >= 11 is 1.58. The van der Waals surface area contributed by atoms with Crippen LogP contribution in [0.2, 0.25) is 0 Å². The molecule has 3 rings (SSSR count). The molecule has 0 aliphatic carbocycles. The third kappa shape index (κ3) is 3.61. The Labute approximate surface area is 133 Å². The van der Waals surface area contributed by atoms with Gasteiger partial charge in [0.1, 0.15) is 11.6 Å². The van der Waals surface area contributed by atoms with E-state index in [1.54, 1.807) is 11.3 Å². The first-order valence-corrected chi connectivity index (χ1v) is 7.62. The van der Waals surface area contributed by atoms with Crippen LogP contribution in [0.4, 0.5) is 8.78 Å². The zero-order valence-electron chi connectivity index (χ0n) is 11.4. The highest BCUT2D eigenvalue weighted by Gasteiger charge is 2.26. The van der Waals surface area contributed by atoms with Crippen LogP contribution >= 0.6 is 23.7 Å². The highest BCUT2D eigenvalue weighted by Crippen LogP contribution is 2.32. The van der Waals surface area contributed by atoms with E-state index < -0.39 is 5.82 Å². The summed E-state index contributed by atoms with van der Waals surface area (Å²) in [5.41, 5.74) is 1.45. The number of piperazine rings is 1. The van der Waals surface area contributed by atoms with E-state index >= 15 is 0 Å². The Morgan fingerprint density at radius 3 is 2.57 bits per heavy atom. The molecular weight excluding hydrogens is 314 g/mol. The SMILES string of the molecule is Cl.Fc1ccc(F)c([C@@H](c2ccsc2)N2CCNCC2)c1. The van der Waals surface area contributed by atoms with E-state index in [-0.39, 0.29) is 24.3 Å². The standard InChI is InChI=1S/C15H16F2N2S.ClH/c16-12-1-2-14(17)13(9-12)15(11-3-8-20-10-11)19-6-4-18-5-7-19;/h1-3,8-10,15,18H,4-7H2;1H/t15-;/m1./s1. The lowest BCUT2D eigenvalue weighted by molar-refractivity contribution is 0.195. The molecule has 0 saturated carbocycles. The Balaban J connectivity index is 0.00000161. The Hall–Kier alpha value is -1.01. The minimum Gasteiger partial charge on any atom is -0.314 e. The summed E-state index contributed by atoms with van der Waals surface area (Å²) in [6.07, 6.45) is 0. The van der Waals surface area contributed by atoms with E-state index in [9.17, 15) is 8.78 Å². The zero-order valence-corrected chi connectivity index (χ0v) is 13.0. The van der Waals surface area contributed by atoms with Gasteiger partial charge in [0.15, 0.2) is 0 Å². The summed E-state index contributed by atoms with van der Waals surface area (Å²) in [6.45, 7) is 3.40. The molecule has 0 spiro atoms. The summed E-state index contributed by atoms with van der Waals surface area (Å²) in [5.74, 6) is -0.738. The van der Waals surface area contributed by atoms with Crippen molar-refractivity contribution < 1.29 is 8.78 Å². The van der Waals surface area contributed by atoms with Crippen molar-refractivity contribution >= 4 is 23.7 Å². The maximum Gasteiger partial charge on any atom is 0.128 e. The largest absolute Gasteiger partial charge is 0.314 e. The average molecular weight is 331 g/mol. The first kappa shape index (κ1) is 16.4. The molecule has 0 bridgehead atoms. The fraction of sp³-hybridized carbons (Fsp3) is 0.333. The highest BCUT2D eigenvalue weighted by molar-refractivity contribution is 7.08. The molecule has 21 heavy (non-hydrogen) atoms. The number of halogens is 3. The molecule has 1 aromatic heterocycles. The first-order valence-electron chi connectivity index (χ1n) is 6.67. The molecular formula is C15H17ClF2N2S. The van der Waals surface area contributed by atoms with Crippen LogP contribution in [0.1, 0.15) is 17.2 Å². The quantitative estimate of drug-likeness (QED) is 0.927. The smallest absolute Gasteiger partial charge is 0.128 e. The Kier molecular flexibility index (Phi) is 5.70. The molecule has 6 heteroatoms.